The number of aromatic hydroxyl groups is 2. The van der Waals surface area contributed by atoms with Crippen molar-refractivity contribution in [2.75, 3.05) is 30.4 Å². The number of hydrogen-bond donors (Lipinski definition) is 5. The first-order valence-corrected chi connectivity index (χ1v) is 10.0. The largest absolute Gasteiger partial charge is 0.493 e. The lowest BCUT2D eigenvalue weighted by atomic mass is 10.2. The van der Waals surface area contributed by atoms with Gasteiger partial charge in [-0.25, -0.2) is 5.01 Å². The van der Waals surface area contributed by atoms with Gasteiger partial charge in [0, 0.05) is 17.7 Å². The molecule has 0 radical (unpaired) electrons. The van der Waals surface area contributed by atoms with Gasteiger partial charge in [-0.1, -0.05) is 42.1 Å². The van der Waals surface area contributed by atoms with E-state index < -0.39 is 55.1 Å². The Morgan fingerprint density at radius 2 is 1.47 bits per heavy atom. The summed E-state index contributed by atoms with van der Waals surface area (Å²) in [6, 6.07) is 10.4. The molecule has 170 valence electrons. The number of carbonyl (C=O) groups is 5. The van der Waals surface area contributed by atoms with Crippen LogP contribution < -0.4 is 15.6 Å². The third-order valence-corrected chi connectivity index (χ3v) is 4.76. The van der Waals surface area contributed by atoms with Gasteiger partial charge in [0.1, 0.15) is 6.54 Å². The van der Waals surface area contributed by atoms with Crippen LogP contribution in [0.4, 0.5) is 0 Å². The van der Waals surface area contributed by atoms with Crippen LogP contribution in [0, 0.1) is 0 Å². The summed E-state index contributed by atoms with van der Waals surface area (Å²) in [6.07, 6.45) is 0. The molecule has 0 saturated carbocycles. The third kappa shape index (κ3) is 7.05. The summed E-state index contributed by atoms with van der Waals surface area (Å²) in [6.45, 7) is -2.04. The number of rotatable bonds is 10. The molecule has 32 heavy (non-hydrogen) atoms. The number of carboxylic acids is 1. The van der Waals surface area contributed by atoms with Crippen molar-refractivity contribution in [3.63, 3.8) is 0 Å². The molecular formula is C19H20N4O8S. The Hall–Kier alpha value is -4.00. The molecule has 0 saturated heterocycles. The molecule has 0 aliphatic heterocycles. The minimum Gasteiger partial charge on any atom is -0.493 e. The maximum absolute atomic E-state index is 12.3. The van der Waals surface area contributed by atoms with Gasteiger partial charge in [0.15, 0.2) is 0 Å². The summed E-state index contributed by atoms with van der Waals surface area (Å²) < 4.78 is 0.575. The molecule has 0 atom stereocenters. The zero-order chi connectivity index (χ0) is 23.7. The van der Waals surface area contributed by atoms with Crippen LogP contribution in [-0.4, -0.2) is 74.2 Å². The Balaban J connectivity index is 1.79. The van der Waals surface area contributed by atoms with E-state index in [0.29, 0.717) is 15.2 Å². The van der Waals surface area contributed by atoms with Gasteiger partial charge in [-0.15, -0.1) is 0 Å². The van der Waals surface area contributed by atoms with E-state index in [-0.39, 0.29) is 10.9 Å². The zero-order valence-electron chi connectivity index (χ0n) is 16.6. The van der Waals surface area contributed by atoms with E-state index in [1.165, 1.54) is 0 Å². The Morgan fingerprint density at radius 3 is 2.06 bits per heavy atom. The van der Waals surface area contributed by atoms with Crippen molar-refractivity contribution in [1.82, 2.24) is 15.3 Å². The second-order valence-electron chi connectivity index (χ2n) is 6.20. The van der Waals surface area contributed by atoms with Gasteiger partial charge in [-0.2, -0.15) is 4.68 Å². The van der Waals surface area contributed by atoms with Crippen LogP contribution in [-0.2, 0) is 19.2 Å². The van der Waals surface area contributed by atoms with E-state index in [2.05, 4.69) is 10.6 Å². The van der Waals surface area contributed by atoms with E-state index in [9.17, 15) is 34.2 Å². The number of benzene rings is 1. The van der Waals surface area contributed by atoms with Crippen molar-refractivity contribution < 1.29 is 39.3 Å². The van der Waals surface area contributed by atoms with Crippen molar-refractivity contribution in [2.45, 2.75) is 0 Å². The van der Waals surface area contributed by atoms with Gasteiger partial charge in [0.25, 0.3) is 5.91 Å². The SMILES string of the molecule is O=C(O)CN(C(=O)CNC(=O)CNC(=O)CSC(=O)c1ccccc1)n1c(O)ccc1O. The fourth-order valence-corrected chi connectivity index (χ4v) is 3.07. The summed E-state index contributed by atoms with van der Waals surface area (Å²) in [5.41, 5.74) is 0.437. The molecule has 0 spiro atoms. The molecule has 5 N–H and O–H groups in total. The normalized spacial score (nSPS) is 10.2. The third-order valence-electron chi connectivity index (χ3n) is 3.86. The molecule has 0 bridgehead atoms. The molecule has 12 nitrogen and oxygen atoms in total. The number of hydrogen-bond acceptors (Lipinski definition) is 8. The van der Waals surface area contributed by atoms with Crippen LogP contribution in [0.15, 0.2) is 42.5 Å². The number of nitrogens with one attached hydrogen (secondary N) is 2. The lowest BCUT2D eigenvalue weighted by Crippen LogP contribution is -2.49. The average Bonchev–Trinajstić information content (AvgIpc) is 3.10. The van der Waals surface area contributed by atoms with Gasteiger partial charge >= 0.3 is 5.97 Å². The van der Waals surface area contributed by atoms with Crippen LogP contribution in [0.3, 0.4) is 0 Å². The monoisotopic (exact) mass is 464 g/mol. The van der Waals surface area contributed by atoms with Crippen molar-refractivity contribution >= 4 is 40.6 Å². The highest BCUT2D eigenvalue weighted by molar-refractivity contribution is 8.14. The van der Waals surface area contributed by atoms with Crippen LogP contribution in [0.1, 0.15) is 10.4 Å². The Kier molecular flexibility index (Phi) is 8.65. The number of aromatic nitrogens is 1. The minimum atomic E-state index is -1.42. The predicted molar refractivity (Wildman–Crippen MR) is 113 cm³/mol. The standard InChI is InChI=1S/C19H20N4O8S/c24-13(8-20-14(25)11-32-19(31)12-4-2-1-3-5-12)21-9-17(28)22(10-18(29)30)23-15(26)6-7-16(23)27/h1-7,26-27H,8-11H2,(H,20,25)(H,21,24)(H,29,30). The molecule has 1 heterocycles. The van der Waals surface area contributed by atoms with Crippen molar-refractivity contribution in [3.05, 3.63) is 48.0 Å². The average molecular weight is 464 g/mol. The van der Waals surface area contributed by atoms with Crippen LogP contribution in [0.25, 0.3) is 0 Å². The minimum absolute atomic E-state index is 0.210. The van der Waals surface area contributed by atoms with E-state index in [1.807, 2.05) is 0 Å². The highest BCUT2D eigenvalue weighted by Gasteiger charge is 2.24. The van der Waals surface area contributed by atoms with Gasteiger partial charge in [0.2, 0.25) is 28.7 Å². The molecule has 0 fully saturated rings. The zero-order valence-corrected chi connectivity index (χ0v) is 17.4. The van der Waals surface area contributed by atoms with Crippen molar-refractivity contribution in [2.24, 2.45) is 0 Å². The van der Waals surface area contributed by atoms with Gasteiger partial charge < -0.3 is 26.0 Å². The summed E-state index contributed by atoms with van der Waals surface area (Å²) in [7, 11) is 0. The summed E-state index contributed by atoms with van der Waals surface area (Å²) in [5, 5.41) is 33.1. The molecule has 0 aliphatic carbocycles. The number of nitrogens with zero attached hydrogens (tertiary/aromatic N) is 2. The van der Waals surface area contributed by atoms with Crippen molar-refractivity contribution in [1.29, 1.82) is 0 Å². The highest BCUT2D eigenvalue weighted by Crippen LogP contribution is 2.21. The first-order valence-electron chi connectivity index (χ1n) is 9.06. The molecule has 2 rings (SSSR count). The van der Waals surface area contributed by atoms with E-state index in [4.69, 9.17) is 5.11 Å². The van der Waals surface area contributed by atoms with E-state index >= 15 is 0 Å². The number of carbonyl (C=O) groups excluding carboxylic acids is 4. The topological polar surface area (TPSA) is 178 Å². The van der Waals surface area contributed by atoms with Gasteiger partial charge in [-0.3, -0.25) is 24.0 Å². The first-order chi connectivity index (χ1) is 15.2. The number of carboxylic acid groups (broad SMARTS) is 1. The lowest BCUT2D eigenvalue weighted by molar-refractivity contribution is -0.137. The molecule has 1 aromatic carbocycles. The Bertz CT molecular complexity index is 989. The van der Waals surface area contributed by atoms with Crippen molar-refractivity contribution in [3.8, 4) is 11.8 Å². The predicted octanol–water partition coefficient (Wildman–Crippen LogP) is -0.745. The highest BCUT2D eigenvalue weighted by atomic mass is 32.2. The van der Waals surface area contributed by atoms with Gasteiger partial charge in [0.05, 0.1) is 18.8 Å². The summed E-state index contributed by atoms with van der Waals surface area (Å²) in [5.74, 6) is -5.07. The number of thioether (sulfide) groups is 1. The lowest BCUT2D eigenvalue weighted by Gasteiger charge is -2.23. The Morgan fingerprint density at radius 1 is 0.875 bits per heavy atom. The smallest absolute Gasteiger partial charge is 0.325 e. The molecular weight excluding hydrogens is 444 g/mol. The Labute approximate surface area is 185 Å². The first kappa shape index (κ1) is 24.3. The quantitative estimate of drug-likeness (QED) is 0.303. The summed E-state index contributed by atoms with van der Waals surface area (Å²) >= 11 is 0.769. The molecule has 0 unspecified atom stereocenters. The molecule has 0 aliphatic rings. The maximum Gasteiger partial charge on any atom is 0.325 e. The van der Waals surface area contributed by atoms with E-state index in [0.717, 1.165) is 23.9 Å². The number of aliphatic carboxylic acids is 1. The second-order valence-corrected chi connectivity index (χ2v) is 7.15. The molecule has 13 heteroatoms. The van der Waals surface area contributed by atoms with Gasteiger partial charge in [-0.05, 0) is 0 Å². The molecule has 1 aromatic heterocycles. The second kappa shape index (κ2) is 11.4. The fraction of sp³-hybridized carbons (Fsp3) is 0.211. The maximum atomic E-state index is 12.3. The van der Waals surface area contributed by atoms with Crippen LogP contribution in [0.2, 0.25) is 0 Å². The van der Waals surface area contributed by atoms with Crippen LogP contribution >= 0.6 is 11.8 Å². The molecule has 2 aromatic rings. The summed E-state index contributed by atoms with van der Waals surface area (Å²) in [4.78, 5) is 59.0. The van der Waals surface area contributed by atoms with E-state index in [1.54, 1.807) is 30.3 Å². The van der Waals surface area contributed by atoms with Crippen LogP contribution in [0.5, 0.6) is 11.8 Å². The fourth-order valence-electron chi connectivity index (χ4n) is 2.40. The number of amides is 3. The molecule has 3 amide bonds.